The number of pyridine rings is 1. The Hall–Kier alpha value is -3.51. The predicted octanol–water partition coefficient (Wildman–Crippen LogP) is 3.21. The fourth-order valence-corrected chi connectivity index (χ4v) is 4.26. The third-order valence-corrected chi connectivity index (χ3v) is 6.01. The number of halogens is 1. The van der Waals surface area contributed by atoms with Crippen molar-refractivity contribution in [1.29, 1.82) is 5.26 Å². The number of benzene rings is 1. The van der Waals surface area contributed by atoms with E-state index in [1.54, 1.807) is 12.4 Å². The monoisotopic (exact) mass is 449 g/mol. The first-order valence-corrected chi connectivity index (χ1v) is 11.0. The molecule has 1 saturated heterocycles. The Kier molecular flexibility index (Phi) is 6.84. The number of anilines is 1. The van der Waals surface area contributed by atoms with Crippen LogP contribution in [0.1, 0.15) is 30.1 Å². The van der Waals surface area contributed by atoms with E-state index in [4.69, 9.17) is 4.74 Å². The van der Waals surface area contributed by atoms with E-state index in [1.165, 1.54) is 12.3 Å². The van der Waals surface area contributed by atoms with Crippen LogP contribution in [0.3, 0.4) is 0 Å². The van der Waals surface area contributed by atoms with Crippen LogP contribution in [0.2, 0.25) is 0 Å². The molecule has 1 fully saturated rings. The van der Waals surface area contributed by atoms with Crippen molar-refractivity contribution >= 4 is 5.69 Å². The van der Waals surface area contributed by atoms with Gasteiger partial charge < -0.3 is 19.1 Å². The largest absolute Gasteiger partial charge is 0.491 e. The van der Waals surface area contributed by atoms with E-state index in [-0.39, 0.29) is 0 Å². The van der Waals surface area contributed by atoms with Gasteiger partial charge in [0.1, 0.15) is 36.1 Å². The Balaban J connectivity index is 1.68. The summed E-state index contributed by atoms with van der Waals surface area (Å²) in [6.07, 6.45) is 5.02. The molecular formula is C24H28FN7O. The van der Waals surface area contributed by atoms with Crippen molar-refractivity contribution in [2.75, 3.05) is 45.2 Å². The van der Waals surface area contributed by atoms with Gasteiger partial charge in [-0.05, 0) is 51.2 Å². The first kappa shape index (κ1) is 22.7. The van der Waals surface area contributed by atoms with Crippen molar-refractivity contribution in [1.82, 2.24) is 24.6 Å². The van der Waals surface area contributed by atoms with Crippen LogP contribution in [0.25, 0.3) is 11.1 Å². The van der Waals surface area contributed by atoms with Gasteiger partial charge in [0.25, 0.3) is 0 Å². The number of nitriles is 1. The Morgan fingerprint density at radius 1 is 1.21 bits per heavy atom. The quantitative estimate of drug-likeness (QED) is 0.512. The highest BCUT2D eigenvalue weighted by atomic mass is 19.1. The summed E-state index contributed by atoms with van der Waals surface area (Å²) in [5, 5.41) is 18.4. The number of piperidine rings is 1. The van der Waals surface area contributed by atoms with E-state index >= 15 is 0 Å². The summed E-state index contributed by atoms with van der Waals surface area (Å²) in [4.78, 5) is 8.08. The van der Waals surface area contributed by atoms with Crippen LogP contribution >= 0.6 is 0 Å². The zero-order chi connectivity index (χ0) is 23.4. The lowest BCUT2D eigenvalue weighted by Gasteiger charge is -2.35. The fraction of sp³-hybridized carbons (Fsp3) is 0.417. The number of ether oxygens (including phenoxy) is 1. The summed E-state index contributed by atoms with van der Waals surface area (Å²) in [5.41, 5.74) is 2.91. The molecule has 0 atom stereocenters. The zero-order valence-electron chi connectivity index (χ0n) is 19.2. The smallest absolute Gasteiger partial charge is 0.212 e. The summed E-state index contributed by atoms with van der Waals surface area (Å²) in [6.45, 7) is 2.74. The van der Waals surface area contributed by atoms with Crippen molar-refractivity contribution in [3.05, 3.63) is 54.1 Å². The van der Waals surface area contributed by atoms with Crippen molar-refractivity contribution < 1.29 is 9.13 Å². The second-order valence-electron chi connectivity index (χ2n) is 8.53. The Labute approximate surface area is 193 Å². The molecule has 0 aliphatic carbocycles. The van der Waals surface area contributed by atoms with Crippen LogP contribution in [0.15, 0.2) is 36.8 Å². The van der Waals surface area contributed by atoms with Crippen LogP contribution in [-0.4, -0.2) is 65.0 Å². The number of rotatable bonds is 7. The molecule has 0 saturated carbocycles. The number of aromatic nitrogens is 4. The minimum absolute atomic E-state index is 0.315. The molecule has 9 heteroatoms. The normalized spacial score (nSPS) is 14.5. The van der Waals surface area contributed by atoms with Gasteiger partial charge >= 0.3 is 0 Å². The Morgan fingerprint density at radius 3 is 2.61 bits per heavy atom. The number of nitrogens with zero attached hydrogens (tertiary/aromatic N) is 7. The Morgan fingerprint density at radius 2 is 2.00 bits per heavy atom. The maximum Gasteiger partial charge on any atom is 0.212 e. The minimum atomic E-state index is -0.533. The van der Waals surface area contributed by atoms with Gasteiger partial charge in [-0.3, -0.25) is 0 Å². The second kappa shape index (κ2) is 9.96. The standard InChI is InChI=1S/C24H28FN7O/c1-30(2)12-13-33-21-6-5-19(18-4-7-22(25)27-15-18)23(20(21)14-26)32-10-8-17(9-11-32)24-29-28-16-31(24)3/h4-7,15-17H,8-13H2,1-3H3. The molecule has 0 N–H and O–H groups in total. The Bertz CT molecular complexity index is 1130. The fourth-order valence-electron chi connectivity index (χ4n) is 4.26. The molecule has 1 aliphatic heterocycles. The molecule has 0 bridgehead atoms. The maximum atomic E-state index is 13.5. The average molecular weight is 450 g/mol. The molecule has 3 aromatic rings. The van der Waals surface area contributed by atoms with Crippen LogP contribution in [0.4, 0.5) is 10.1 Å². The molecule has 8 nitrogen and oxygen atoms in total. The van der Waals surface area contributed by atoms with Crippen molar-refractivity contribution in [3.63, 3.8) is 0 Å². The average Bonchev–Trinajstić information content (AvgIpc) is 3.25. The van der Waals surface area contributed by atoms with Gasteiger partial charge in [0.2, 0.25) is 5.95 Å². The lowest BCUT2D eigenvalue weighted by molar-refractivity contribution is 0.261. The molecule has 0 unspecified atom stereocenters. The summed E-state index contributed by atoms with van der Waals surface area (Å²) < 4.78 is 21.4. The summed E-state index contributed by atoms with van der Waals surface area (Å²) in [5.74, 6) is 1.33. The molecule has 172 valence electrons. The SMILES string of the molecule is CN(C)CCOc1ccc(-c2ccc(F)nc2)c(N2CCC(c3nncn3C)CC2)c1C#N. The number of hydrogen-bond donors (Lipinski definition) is 0. The molecule has 33 heavy (non-hydrogen) atoms. The van der Waals surface area contributed by atoms with Crippen LogP contribution in [0, 0.1) is 17.3 Å². The van der Waals surface area contributed by atoms with Gasteiger partial charge in [0, 0.05) is 49.9 Å². The lowest BCUT2D eigenvalue weighted by atomic mass is 9.93. The van der Waals surface area contributed by atoms with Gasteiger partial charge in [0.05, 0.1) is 5.69 Å². The van der Waals surface area contributed by atoms with Gasteiger partial charge in [-0.25, -0.2) is 4.98 Å². The van der Waals surface area contributed by atoms with E-state index in [0.29, 0.717) is 23.8 Å². The zero-order valence-corrected chi connectivity index (χ0v) is 19.2. The number of likely N-dealkylation sites (N-methyl/N-ethyl adjacent to an activating group) is 1. The molecule has 1 aliphatic rings. The third-order valence-electron chi connectivity index (χ3n) is 6.01. The van der Waals surface area contributed by atoms with Crippen molar-refractivity contribution in [3.8, 4) is 22.9 Å². The molecular weight excluding hydrogens is 421 g/mol. The lowest BCUT2D eigenvalue weighted by Crippen LogP contribution is -2.34. The van der Waals surface area contributed by atoms with E-state index in [1.807, 2.05) is 42.7 Å². The van der Waals surface area contributed by atoms with E-state index in [0.717, 1.165) is 55.1 Å². The van der Waals surface area contributed by atoms with E-state index < -0.39 is 5.95 Å². The van der Waals surface area contributed by atoms with Gasteiger partial charge in [0.15, 0.2) is 0 Å². The molecule has 0 amide bonds. The highest BCUT2D eigenvalue weighted by Gasteiger charge is 2.28. The van der Waals surface area contributed by atoms with Crippen LogP contribution in [0.5, 0.6) is 5.75 Å². The topological polar surface area (TPSA) is 83.1 Å². The van der Waals surface area contributed by atoms with E-state index in [9.17, 15) is 9.65 Å². The second-order valence-corrected chi connectivity index (χ2v) is 8.53. The molecule has 3 heterocycles. The summed E-state index contributed by atoms with van der Waals surface area (Å²) >= 11 is 0. The summed E-state index contributed by atoms with van der Waals surface area (Å²) in [6, 6.07) is 9.16. The van der Waals surface area contributed by atoms with Crippen LogP contribution in [-0.2, 0) is 7.05 Å². The van der Waals surface area contributed by atoms with E-state index in [2.05, 4.69) is 26.2 Å². The van der Waals surface area contributed by atoms with Gasteiger partial charge in [-0.15, -0.1) is 10.2 Å². The minimum Gasteiger partial charge on any atom is -0.491 e. The summed E-state index contributed by atoms with van der Waals surface area (Å²) in [7, 11) is 5.92. The molecule has 1 aromatic carbocycles. The first-order chi connectivity index (χ1) is 16.0. The number of aryl methyl sites for hydroxylation is 1. The predicted molar refractivity (Wildman–Crippen MR) is 124 cm³/mol. The first-order valence-electron chi connectivity index (χ1n) is 11.0. The highest BCUT2D eigenvalue weighted by molar-refractivity contribution is 5.85. The molecule has 2 aromatic heterocycles. The van der Waals surface area contributed by atoms with Gasteiger partial charge in [-0.2, -0.15) is 9.65 Å². The molecule has 0 radical (unpaired) electrons. The third kappa shape index (κ3) is 4.96. The van der Waals surface area contributed by atoms with Crippen molar-refractivity contribution in [2.45, 2.75) is 18.8 Å². The molecule has 4 rings (SSSR count). The number of hydrogen-bond acceptors (Lipinski definition) is 7. The van der Waals surface area contributed by atoms with Crippen LogP contribution < -0.4 is 9.64 Å². The van der Waals surface area contributed by atoms with Gasteiger partial charge in [-0.1, -0.05) is 0 Å². The van der Waals surface area contributed by atoms with Crippen molar-refractivity contribution in [2.24, 2.45) is 7.05 Å². The molecule has 0 spiro atoms. The maximum absolute atomic E-state index is 13.5. The highest BCUT2D eigenvalue weighted by Crippen LogP contribution is 2.41.